The zero-order chi connectivity index (χ0) is 29.7. The van der Waals surface area contributed by atoms with Crippen molar-refractivity contribution >= 4 is 47.0 Å². The summed E-state index contributed by atoms with van der Waals surface area (Å²) in [5.74, 6) is -0.0884. The lowest BCUT2D eigenvalue weighted by atomic mass is 9.92. The molecule has 2 atom stereocenters. The van der Waals surface area contributed by atoms with Gasteiger partial charge in [-0.1, -0.05) is 29.3 Å². The van der Waals surface area contributed by atoms with E-state index in [4.69, 9.17) is 37.4 Å². The summed E-state index contributed by atoms with van der Waals surface area (Å²) in [6, 6.07) is 4.63. The molecule has 0 unspecified atom stereocenters. The van der Waals surface area contributed by atoms with E-state index < -0.39 is 35.6 Å². The van der Waals surface area contributed by atoms with E-state index >= 15 is 0 Å². The number of hydrogen-bond acceptors (Lipinski definition) is 8. The van der Waals surface area contributed by atoms with E-state index in [1.807, 2.05) is 0 Å². The van der Waals surface area contributed by atoms with E-state index in [1.54, 1.807) is 32.9 Å². The summed E-state index contributed by atoms with van der Waals surface area (Å²) in [6.45, 7) is 2.85. The van der Waals surface area contributed by atoms with E-state index in [2.05, 4.69) is 9.72 Å². The average Bonchev–Trinajstić information content (AvgIpc) is 3.58. The number of hydrogen-bond donors (Lipinski definition) is 0. The van der Waals surface area contributed by atoms with Gasteiger partial charge in [-0.3, -0.25) is 9.88 Å². The lowest BCUT2D eigenvalue weighted by Gasteiger charge is -2.27. The quantitative estimate of drug-likeness (QED) is 0.246. The SMILES string of the molecule is CC(C)(C)OC(=O)N1CCS[C@H]1C(=O)OC[C@@H](Cc1c(Cl)cncc1Cl)c1ccc(OC(F)F)c(OCC2CC2)c1. The van der Waals surface area contributed by atoms with Crippen LogP contribution >= 0.6 is 35.0 Å². The molecule has 2 aromatic rings. The zero-order valence-electron chi connectivity index (χ0n) is 22.9. The van der Waals surface area contributed by atoms with Gasteiger partial charge in [0.05, 0.1) is 23.3 Å². The van der Waals surface area contributed by atoms with Crippen LogP contribution in [0.4, 0.5) is 13.6 Å². The van der Waals surface area contributed by atoms with Gasteiger partial charge in [-0.15, -0.1) is 11.8 Å². The summed E-state index contributed by atoms with van der Waals surface area (Å²) in [6.07, 6.45) is 4.61. The summed E-state index contributed by atoms with van der Waals surface area (Å²) in [5.41, 5.74) is 0.507. The Balaban J connectivity index is 1.56. The number of ether oxygens (including phenoxy) is 4. The minimum atomic E-state index is -3.02. The van der Waals surface area contributed by atoms with Crippen LogP contribution in [0.5, 0.6) is 11.5 Å². The maximum atomic E-state index is 13.2. The van der Waals surface area contributed by atoms with E-state index in [9.17, 15) is 18.4 Å². The number of alkyl halides is 2. The van der Waals surface area contributed by atoms with Crippen molar-refractivity contribution < 1.29 is 37.3 Å². The first kappa shape index (κ1) is 31.4. The zero-order valence-corrected chi connectivity index (χ0v) is 25.2. The number of benzene rings is 1. The van der Waals surface area contributed by atoms with E-state index in [0.29, 0.717) is 46.0 Å². The minimum Gasteiger partial charge on any atom is -0.489 e. The van der Waals surface area contributed by atoms with Gasteiger partial charge in [-0.25, -0.2) is 9.59 Å². The number of halogens is 4. The molecule has 1 amide bonds. The number of nitrogens with zero attached hydrogens (tertiary/aromatic N) is 2. The Morgan fingerprint density at radius 2 is 1.85 bits per heavy atom. The van der Waals surface area contributed by atoms with Crippen molar-refractivity contribution in [1.82, 2.24) is 9.88 Å². The molecule has 4 rings (SSSR count). The molecule has 2 heterocycles. The molecule has 1 saturated heterocycles. The van der Waals surface area contributed by atoms with Gasteiger partial charge in [0.1, 0.15) is 5.60 Å². The number of thioether (sulfide) groups is 1. The predicted octanol–water partition coefficient (Wildman–Crippen LogP) is 6.96. The third-order valence-corrected chi connectivity index (χ3v) is 8.21. The largest absolute Gasteiger partial charge is 0.489 e. The van der Waals surface area contributed by atoms with Crippen molar-refractivity contribution in [1.29, 1.82) is 0 Å². The highest BCUT2D eigenvalue weighted by atomic mass is 35.5. The molecule has 2 aliphatic rings. The standard InChI is InChI=1S/C28H32Cl2F2N2O6S/c1-28(2,3)40-27(36)34-8-9-41-24(34)25(35)38-15-18(10-19-20(29)12-33-13-21(19)30)17-6-7-22(39-26(31)32)23(11-17)37-14-16-4-5-16/h6-7,11-13,16,18,24,26H,4-5,8-10,14-15H2,1-3H3/t18-,24+/m1/s1. The van der Waals surface area contributed by atoms with E-state index in [-0.39, 0.29) is 24.5 Å². The molecule has 1 aromatic carbocycles. The number of carbonyl (C=O) groups excluding carboxylic acids is 2. The van der Waals surface area contributed by atoms with Crippen LogP contribution in [0, 0.1) is 5.92 Å². The summed E-state index contributed by atoms with van der Waals surface area (Å²) >= 11 is 14.1. The first-order chi connectivity index (χ1) is 19.4. The second kappa shape index (κ2) is 13.6. The molecule has 1 aliphatic heterocycles. The minimum absolute atomic E-state index is 0.0875. The van der Waals surface area contributed by atoms with Gasteiger partial charge in [0.2, 0.25) is 0 Å². The second-order valence-electron chi connectivity index (χ2n) is 10.8. The molecule has 8 nitrogen and oxygen atoms in total. The van der Waals surface area contributed by atoms with Gasteiger partial charge in [0.25, 0.3) is 0 Å². The molecule has 1 aromatic heterocycles. The Hall–Kier alpha value is -2.50. The number of rotatable bonds is 11. The number of esters is 1. The fourth-order valence-electron chi connectivity index (χ4n) is 4.16. The van der Waals surface area contributed by atoms with E-state index in [1.165, 1.54) is 35.1 Å². The van der Waals surface area contributed by atoms with Gasteiger partial charge in [-0.2, -0.15) is 8.78 Å². The van der Waals surface area contributed by atoms with Gasteiger partial charge in [0, 0.05) is 30.6 Å². The van der Waals surface area contributed by atoms with Crippen LogP contribution in [0.1, 0.15) is 50.7 Å². The Kier molecular flexibility index (Phi) is 10.5. The predicted molar refractivity (Wildman–Crippen MR) is 152 cm³/mol. The van der Waals surface area contributed by atoms with Crippen molar-refractivity contribution in [2.24, 2.45) is 5.92 Å². The van der Waals surface area contributed by atoms with Crippen molar-refractivity contribution in [3.8, 4) is 11.5 Å². The molecule has 2 fully saturated rings. The van der Waals surface area contributed by atoms with Crippen LogP contribution in [-0.2, 0) is 20.7 Å². The number of carbonyl (C=O) groups is 2. The third-order valence-electron chi connectivity index (χ3n) is 6.38. The lowest BCUT2D eigenvalue weighted by Crippen LogP contribution is -2.43. The van der Waals surface area contributed by atoms with Gasteiger partial charge in [0.15, 0.2) is 16.9 Å². The second-order valence-corrected chi connectivity index (χ2v) is 12.9. The smallest absolute Gasteiger partial charge is 0.411 e. The maximum Gasteiger partial charge on any atom is 0.411 e. The molecule has 0 bridgehead atoms. The highest BCUT2D eigenvalue weighted by Gasteiger charge is 2.39. The topological polar surface area (TPSA) is 87.2 Å². The van der Waals surface area contributed by atoms with Crippen molar-refractivity contribution in [3.05, 3.63) is 51.8 Å². The molecular weight excluding hydrogens is 601 g/mol. The number of amides is 1. The summed E-state index contributed by atoms with van der Waals surface area (Å²) in [4.78, 5) is 31.2. The first-order valence-corrected chi connectivity index (χ1v) is 15.0. The summed E-state index contributed by atoms with van der Waals surface area (Å²) in [5, 5.41) is -0.198. The van der Waals surface area contributed by atoms with Crippen LogP contribution in [0.25, 0.3) is 0 Å². The van der Waals surface area contributed by atoms with Crippen LogP contribution in [0.15, 0.2) is 30.6 Å². The maximum absolute atomic E-state index is 13.2. The fraction of sp³-hybridized carbons (Fsp3) is 0.536. The summed E-state index contributed by atoms with van der Waals surface area (Å²) in [7, 11) is 0. The van der Waals surface area contributed by atoms with Gasteiger partial charge in [-0.05, 0) is 69.2 Å². The molecule has 1 aliphatic carbocycles. The van der Waals surface area contributed by atoms with Crippen molar-refractivity contribution in [2.45, 2.75) is 63.5 Å². The Morgan fingerprint density at radius 1 is 1.15 bits per heavy atom. The molecule has 13 heteroatoms. The van der Waals surface area contributed by atoms with Crippen molar-refractivity contribution in [3.63, 3.8) is 0 Å². The Bertz CT molecular complexity index is 1220. The molecule has 0 spiro atoms. The monoisotopic (exact) mass is 632 g/mol. The van der Waals surface area contributed by atoms with Crippen LogP contribution in [0.3, 0.4) is 0 Å². The van der Waals surface area contributed by atoms with Crippen LogP contribution in [0.2, 0.25) is 10.0 Å². The normalized spacial score (nSPS) is 17.9. The molecule has 1 saturated carbocycles. The molecule has 0 N–H and O–H groups in total. The molecular formula is C28H32Cl2F2N2O6S. The highest BCUT2D eigenvalue weighted by molar-refractivity contribution is 8.00. The van der Waals surface area contributed by atoms with Crippen LogP contribution in [-0.4, -0.2) is 65.0 Å². The third kappa shape index (κ3) is 8.99. The van der Waals surface area contributed by atoms with Crippen LogP contribution < -0.4 is 9.47 Å². The lowest BCUT2D eigenvalue weighted by molar-refractivity contribution is -0.146. The summed E-state index contributed by atoms with van der Waals surface area (Å²) < 4.78 is 47.9. The highest BCUT2D eigenvalue weighted by Crippen LogP contribution is 2.38. The molecule has 41 heavy (non-hydrogen) atoms. The van der Waals surface area contributed by atoms with Gasteiger partial charge < -0.3 is 18.9 Å². The van der Waals surface area contributed by atoms with Gasteiger partial charge >= 0.3 is 18.7 Å². The first-order valence-electron chi connectivity index (χ1n) is 13.2. The fourth-order valence-corrected chi connectivity index (χ4v) is 5.78. The number of aromatic nitrogens is 1. The average molecular weight is 634 g/mol. The Morgan fingerprint density at radius 3 is 2.49 bits per heavy atom. The van der Waals surface area contributed by atoms with E-state index in [0.717, 1.165) is 12.8 Å². The van der Waals surface area contributed by atoms with Crippen molar-refractivity contribution in [2.75, 3.05) is 25.5 Å². The number of pyridine rings is 1. The Labute approximate surface area is 251 Å². The molecule has 0 radical (unpaired) electrons. The molecule has 224 valence electrons.